The minimum absolute atomic E-state index is 0.0490. The fourth-order valence-electron chi connectivity index (χ4n) is 4.10. The van der Waals surface area contributed by atoms with E-state index in [9.17, 15) is 9.59 Å². The summed E-state index contributed by atoms with van der Waals surface area (Å²) < 4.78 is 5.40. The number of ether oxygens (including phenoxy) is 1. The van der Waals surface area contributed by atoms with Gasteiger partial charge in [-0.25, -0.2) is 0 Å². The van der Waals surface area contributed by atoms with Gasteiger partial charge in [0.15, 0.2) is 0 Å². The van der Waals surface area contributed by atoms with Crippen molar-refractivity contribution in [2.75, 3.05) is 36.5 Å². The molecule has 1 aliphatic rings. The third-order valence-electron chi connectivity index (χ3n) is 6.12. The average molecular weight is 490 g/mol. The molecule has 1 fully saturated rings. The minimum atomic E-state index is -0.215. The first-order valence-corrected chi connectivity index (χ1v) is 12.4. The van der Waals surface area contributed by atoms with E-state index in [1.54, 1.807) is 0 Å². The lowest BCUT2D eigenvalue weighted by Crippen LogP contribution is -2.36. The molecule has 4 aromatic rings. The number of rotatable bonds is 7. The van der Waals surface area contributed by atoms with Gasteiger partial charge in [-0.15, -0.1) is 11.3 Å². The van der Waals surface area contributed by atoms with Crippen LogP contribution in [0.1, 0.15) is 26.4 Å². The molecule has 0 radical (unpaired) electrons. The molecule has 2 aromatic heterocycles. The molecule has 9 heteroatoms. The van der Waals surface area contributed by atoms with Gasteiger partial charge in [-0.1, -0.05) is 24.3 Å². The molecule has 1 aliphatic heterocycles. The molecule has 2 aromatic carbocycles. The van der Waals surface area contributed by atoms with Crippen LogP contribution in [0.2, 0.25) is 0 Å². The maximum Gasteiger partial charge on any atom is 0.256 e. The van der Waals surface area contributed by atoms with Crippen LogP contribution in [0.3, 0.4) is 0 Å². The summed E-state index contributed by atoms with van der Waals surface area (Å²) in [4.78, 5) is 29.2. The first kappa shape index (κ1) is 23.1. The van der Waals surface area contributed by atoms with Gasteiger partial charge in [0.05, 0.1) is 25.0 Å². The van der Waals surface area contributed by atoms with Crippen LogP contribution < -0.4 is 15.5 Å². The van der Waals surface area contributed by atoms with Gasteiger partial charge in [-0.05, 0) is 48.4 Å². The van der Waals surface area contributed by atoms with Crippen molar-refractivity contribution < 1.29 is 14.3 Å². The van der Waals surface area contributed by atoms with E-state index < -0.39 is 0 Å². The van der Waals surface area contributed by atoms with Crippen molar-refractivity contribution in [3.05, 3.63) is 76.2 Å². The number of anilines is 2. The first-order valence-electron chi connectivity index (χ1n) is 11.6. The third kappa shape index (κ3) is 5.36. The quantitative estimate of drug-likeness (QED) is 0.366. The second kappa shape index (κ2) is 10.3. The predicted molar refractivity (Wildman–Crippen MR) is 138 cm³/mol. The number of carbonyl (C=O) groups excluding carboxylic acids is 2. The number of nitrogens with one attached hydrogen (secondary N) is 3. The summed E-state index contributed by atoms with van der Waals surface area (Å²) in [5, 5.41) is 13.9. The predicted octanol–water partition coefficient (Wildman–Crippen LogP) is 3.88. The smallest absolute Gasteiger partial charge is 0.256 e. The molecule has 3 heterocycles. The molecule has 1 saturated heterocycles. The summed E-state index contributed by atoms with van der Waals surface area (Å²) in [7, 11) is 0. The van der Waals surface area contributed by atoms with Crippen LogP contribution in [0, 0.1) is 6.92 Å². The molecule has 8 nitrogen and oxygen atoms in total. The van der Waals surface area contributed by atoms with E-state index in [1.807, 2.05) is 61.5 Å². The van der Waals surface area contributed by atoms with Crippen molar-refractivity contribution in [2.45, 2.75) is 19.9 Å². The molecular formula is C26H27N5O3S. The number of H-pyrrole nitrogens is 1. The summed E-state index contributed by atoms with van der Waals surface area (Å²) in [6.45, 7) is 5.67. The number of thiophene rings is 1. The Morgan fingerprint density at radius 2 is 1.89 bits per heavy atom. The van der Waals surface area contributed by atoms with E-state index in [-0.39, 0.29) is 18.2 Å². The number of morpholine rings is 1. The van der Waals surface area contributed by atoms with Gasteiger partial charge in [-0.2, -0.15) is 5.10 Å². The second-order valence-corrected chi connectivity index (χ2v) is 9.63. The Hall–Kier alpha value is -3.69. The van der Waals surface area contributed by atoms with Gasteiger partial charge in [0.2, 0.25) is 5.91 Å². The standard InChI is InChI=1S/C26H27N5O3S/c1-17-4-2-3-5-19(17)16-27-23(32)15-21-14-22-24(29-30-26(22)35-21)28-25(33)18-6-8-20(9-7-18)31-10-12-34-13-11-31/h2-9,14H,10-13,15-16H2,1H3,(H,27,32)(H2,28,29,30,33). The zero-order valence-electron chi connectivity index (χ0n) is 19.5. The van der Waals surface area contributed by atoms with E-state index in [4.69, 9.17) is 4.74 Å². The summed E-state index contributed by atoms with van der Waals surface area (Å²) >= 11 is 1.44. The highest BCUT2D eigenvalue weighted by molar-refractivity contribution is 7.18. The van der Waals surface area contributed by atoms with Gasteiger partial charge < -0.3 is 20.3 Å². The molecule has 3 N–H and O–H groups in total. The zero-order chi connectivity index (χ0) is 24.2. The number of nitrogens with zero attached hydrogens (tertiary/aromatic N) is 2. The first-order chi connectivity index (χ1) is 17.1. The van der Waals surface area contributed by atoms with Gasteiger partial charge >= 0.3 is 0 Å². The highest BCUT2D eigenvalue weighted by Crippen LogP contribution is 2.30. The maximum atomic E-state index is 12.8. The van der Waals surface area contributed by atoms with E-state index in [0.717, 1.165) is 58.2 Å². The van der Waals surface area contributed by atoms with E-state index in [1.165, 1.54) is 11.3 Å². The Labute approximate surface area is 207 Å². The molecule has 0 spiro atoms. The number of hydrogen-bond acceptors (Lipinski definition) is 6. The number of benzene rings is 2. The number of aryl methyl sites for hydroxylation is 1. The second-order valence-electron chi connectivity index (χ2n) is 8.51. The number of fused-ring (bicyclic) bond motifs is 1. The Bertz CT molecular complexity index is 1340. The van der Waals surface area contributed by atoms with Gasteiger partial charge in [0.25, 0.3) is 5.91 Å². The van der Waals surface area contributed by atoms with Crippen LogP contribution in [0.25, 0.3) is 10.2 Å². The fourth-order valence-corrected chi connectivity index (χ4v) is 5.09. The fraction of sp³-hybridized carbons (Fsp3) is 0.269. The van der Waals surface area contributed by atoms with Gasteiger partial charge in [-0.3, -0.25) is 14.7 Å². The van der Waals surface area contributed by atoms with E-state index >= 15 is 0 Å². The van der Waals surface area contributed by atoms with Gasteiger partial charge in [0.1, 0.15) is 10.6 Å². The molecule has 0 unspecified atom stereocenters. The number of aromatic amines is 1. The van der Waals surface area contributed by atoms with Crippen molar-refractivity contribution in [1.82, 2.24) is 15.5 Å². The van der Waals surface area contributed by atoms with Crippen LogP contribution in [-0.2, 0) is 22.5 Å². The van der Waals surface area contributed by atoms with Crippen molar-refractivity contribution in [3.63, 3.8) is 0 Å². The SMILES string of the molecule is Cc1ccccc1CNC(=O)Cc1cc2c(NC(=O)c3ccc(N4CCOCC4)cc3)[nH]nc2s1. The van der Waals surface area contributed by atoms with Crippen LogP contribution in [-0.4, -0.2) is 48.3 Å². The molecule has 0 aliphatic carbocycles. The van der Waals surface area contributed by atoms with Crippen LogP contribution >= 0.6 is 11.3 Å². The number of aromatic nitrogens is 2. The van der Waals surface area contributed by atoms with E-state index in [0.29, 0.717) is 17.9 Å². The Morgan fingerprint density at radius 3 is 2.66 bits per heavy atom. The molecule has 0 saturated carbocycles. The van der Waals surface area contributed by atoms with Crippen LogP contribution in [0.15, 0.2) is 54.6 Å². The molecule has 0 atom stereocenters. The highest BCUT2D eigenvalue weighted by atomic mass is 32.1. The highest BCUT2D eigenvalue weighted by Gasteiger charge is 2.16. The van der Waals surface area contributed by atoms with Crippen molar-refractivity contribution in [1.29, 1.82) is 0 Å². The summed E-state index contributed by atoms with van der Waals surface area (Å²) in [5.41, 5.74) is 3.90. The molecule has 35 heavy (non-hydrogen) atoms. The molecule has 0 bridgehead atoms. The zero-order valence-corrected chi connectivity index (χ0v) is 20.3. The van der Waals surface area contributed by atoms with Crippen molar-refractivity contribution >= 4 is 44.9 Å². The Morgan fingerprint density at radius 1 is 1.11 bits per heavy atom. The summed E-state index contributed by atoms with van der Waals surface area (Å²) in [6.07, 6.45) is 0.267. The lowest BCUT2D eigenvalue weighted by atomic mass is 10.1. The topological polar surface area (TPSA) is 99.4 Å². The number of hydrogen-bond donors (Lipinski definition) is 3. The normalized spacial score (nSPS) is 13.7. The average Bonchev–Trinajstić information content (AvgIpc) is 3.45. The minimum Gasteiger partial charge on any atom is -0.378 e. The lowest BCUT2D eigenvalue weighted by molar-refractivity contribution is -0.120. The number of amides is 2. The molecule has 180 valence electrons. The Balaban J connectivity index is 1.20. The lowest BCUT2D eigenvalue weighted by Gasteiger charge is -2.28. The monoisotopic (exact) mass is 489 g/mol. The van der Waals surface area contributed by atoms with Crippen LogP contribution in [0.4, 0.5) is 11.5 Å². The maximum absolute atomic E-state index is 12.8. The third-order valence-corrected chi connectivity index (χ3v) is 7.15. The molecule has 2 amide bonds. The van der Waals surface area contributed by atoms with Gasteiger partial charge in [0, 0.05) is 35.8 Å². The Kier molecular flexibility index (Phi) is 6.78. The summed E-state index contributed by atoms with van der Waals surface area (Å²) in [5.74, 6) is 0.268. The largest absolute Gasteiger partial charge is 0.378 e. The number of carbonyl (C=O) groups is 2. The van der Waals surface area contributed by atoms with Crippen molar-refractivity contribution in [3.8, 4) is 0 Å². The molecule has 5 rings (SSSR count). The summed E-state index contributed by atoms with van der Waals surface area (Å²) in [6, 6.07) is 17.5. The molecular weight excluding hydrogens is 462 g/mol. The van der Waals surface area contributed by atoms with E-state index in [2.05, 4.69) is 25.7 Å². The van der Waals surface area contributed by atoms with Crippen LogP contribution in [0.5, 0.6) is 0 Å². The van der Waals surface area contributed by atoms with Crippen molar-refractivity contribution in [2.24, 2.45) is 0 Å².